The quantitative estimate of drug-likeness (QED) is 0.655. The molecular weight excluding hydrogens is 204 g/mol. The first-order valence-electron chi connectivity index (χ1n) is 3.97. The molecule has 2 unspecified atom stereocenters. The first kappa shape index (κ1) is 9.09. The summed E-state index contributed by atoms with van der Waals surface area (Å²) in [4.78, 5) is 1.53. The molecule has 0 saturated heterocycles. The minimum Gasteiger partial charge on any atom is -0.253 e. The third-order valence-electron chi connectivity index (χ3n) is 2.26. The van der Waals surface area contributed by atoms with Crippen LogP contribution in [-0.2, 0) is 21.6 Å². The third kappa shape index (κ3) is 1.38. The summed E-state index contributed by atoms with van der Waals surface area (Å²) in [5.74, 6) is 0. The van der Waals surface area contributed by atoms with E-state index >= 15 is 0 Å². The number of benzene rings is 1. The summed E-state index contributed by atoms with van der Waals surface area (Å²) in [6, 6.07) is 3.79. The van der Waals surface area contributed by atoms with Gasteiger partial charge in [0.1, 0.15) is 5.08 Å². The fraction of sp³-hybridized carbons (Fsp3) is 0.333. The van der Waals surface area contributed by atoms with Gasteiger partial charge in [-0.15, -0.1) is 0 Å². The Hall–Kier alpha value is -0.480. The fourth-order valence-corrected chi connectivity index (χ4v) is 4.88. The maximum Gasteiger partial charge on any atom is 0.109 e. The van der Waals surface area contributed by atoms with Crippen molar-refractivity contribution in [2.75, 3.05) is 5.08 Å². The number of fused-ring (bicyclic) bond motifs is 1. The standard InChI is InChI=1S/C9H10O2S2/c1-6-3-8-9(4-7(6)2)13(11)5-12(8)10/h3-4H,5H2,1-2H3. The Morgan fingerprint density at radius 1 is 1.00 bits per heavy atom. The molecule has 1 aliphatic rings. The fourth-order valence-electron chi connectivity index (χ4n) is 1.34. The van der Waals surface area contributed by atoms with E-state index in [1.165, 1.54) is 0 Å². The first-order chi connectivity index (χ1) is 6.09. The molecule has 0 N–H and O–H groups in total. The maximum absolute atomic E-state index is 11.5. The van der Waals surface area contributed by atoms with Gasteiger partial charge in [0, 0.05) is 0 Å². The maximum atomic E-state index is 11.5. The highest BCUT2D eigenvalue weighted by Gasteiger charge is 2.25. The summed E-state index contributed by atoms with van der Waals surface area (Å²) in [5, 5.41) is 0.276. The second kappa shape index (κ2) is 3.03. The van der Waals surface area contributed by atoms with E-state index in [1.807, 2.05) is 26.0 Å². The van der Waals surface area contributed by atoms with Crippen LogP contribution in [0, 0.1) is 13.8 Å². The van der Waals surface area contributed by atoms with E-state index in [0.29, 0.717) is 0 Å². The number of hydrogen-bond acceptors (Lipinski definition) is 2. The molecule has 0 fully saturated rings. The van der Waals surface area contributed by atoms with Gasteiger partial charge in [-0.1, -0.05) is 0 Å². The highest BCUT2D eigenvalue weighted by Crippen LogP contribution is 2.29. The van der Waals surface area contributed by atoms with Crippen LogP contribution in [0.25, 0.3) is 0 Å². The molecule has 2 atom stereocenters. The topological polar surface area (TPSA) is 34.1 Å². The van der Waals surface area contributed by atoms with E-state index in [1.54, 1.807) is 0 Å². The SMILES string of the molecule is Cc1cc2c(cc1C)S(=O)CS2=O. The molecule has 2 rings (SSSR count). The van der Waals surface area contributed by atoms with Crippen LogP contribution in [0.15, 0.2) is 21.9 Å². The molecule has 0 saturated carbocycles. The van der Waals surface area contributed by atoms with Gasteiger partial charge in [-0.2, -0.15) is 0 Å². The molecule has 0 amide bonds. The lowest BCUT2D eigenvalue weighted by molar-refractivity contribution is 0.685. The van der Waals surface area contributed by atoms with Crippen molar-refractivity contribution in [3.63, 3.8) is 0 Å². The zero-order valence-electron chi connectivity index (χ0n) is 7.49. The van der Waals surface area contributed by atoms with E-state index in [0.717, 1.165) is 20.9 Å². The van der Waals surface area contributed by atoms with E-state index in [-0.39, 0.29) is 5.08 Å². The van der Waals surface area contributed by atoms with Gasteiger partial charge in [-0.3, -0.25) is 8.42 Å². The summed E-state index contributed by atoms with van der Waals surface area (Å²) in [5.41, 5.74) is 2.23. The molecule has 4 heteroatoms. The zero-order chi connectivity index (χ0) is 9.59. The van der Waals surface area contributed by atoms with E-state index in [2.05, 4.69) is 0 Å². The molecule has 70 valence electrons. The molecule has 13 heavy (non-hydrogen) atoms. The molecule has 1 aromatic carbocycles. The summed E-state index contributed by atoms with van der Waals surface area (Å²) in [6.07, 6.45) is 0. The number of hydrogen-bond donors (Lipinski definition) is 0. The number of aryl methyl sites for hydroxylation is 2. The van der Waals surface area contributed by atoms with Crippen LogP contribution < -0.4 is 0 Å². The van der Waals surface area contributed by atoms with Crippen molar-refractivity contribution in [2.45, 2.75) is 23.6 Å². The molecule has 1 heterocycles. The minimum absolute atomic E-state index is 0.276. The van der Waals surface area contributed by atoms with Crippen LogP contribution in [0.4, 0.5) is 0 Å². The van der Waals surface area contributed by atoms with Gasteiger partial charge in [0.15, 0.2) is 0 Å². The molecule has 0 spiro atoms. The van der Waals surface area contributed by atoms with Gasteiger partial charge in [0.25, 0.3) is 0 Å². The lowest BCUT2D eigenvalue weighted by Gasteiger charge is -2.02. The second-order valence-electron chi connectivity index (χ2n) is 3.19. The van der Waals surface area contributed by atoms with Crippen LogP contribution >= 0.6 is 0 Å². The largest absolute Gasteiger partial charge is 0.253 e. The Morgan fingerprint density at radius 3 is 1.77 bits per heavy atom. The highest BCUT2D eigenvalue weighted by atomic mass is 32.2. The van der Waals surface area contributed by atoms with Crippen molar-refractivity contribution in [1.29, 1.82) is 0 Å². The van der Waals surface area contributed by atoms with Gasteiger partial charge in [-0.05, 0) is 37.1 Å². The first-order valence-corrected chi connectivity index (χ1v) is 6.61. The predicted molar refractivity (Wildman–Crippen MR) is 53.6 cm³/mol. The summed E-state index contributed by atoms with van der Waals surface area (Å²) in [6.45, 7) is 3.96. The Bertz CT molecular complexity index is 385. The van der Waals surface area contributed by atoms with Gasteiger partial charge in [0.2, 0.25) is 0 Å². The second-order valence-corrected chi connectivity index (χ2v) is 6.40. The third-order valence-corrected chi connectivity index (χ3v) is 5.76. The van der Waals surface area contributed by atoms with Crippen molar-refractivity contribution >= 4 is 21.6 Å². The lowest BCUT2D eigenvalue weighted by Crippen LogP contribution is -1.90. The Morgan fingerprint density at radius 2 is 1.38 bits per heavy atom. The highest BCUT2D eigenvalue weighted by molar-refractivity contribution is 8.04. The molecule has 0 aromatic heterocycles. The average molecular weight is 214 g/mol. The van der Waals surface area contributed by atoms with Gasteiger partial charge in [0.05, 0.1) is 31.4 Å². The zero-order valence-corrected chi connectivity index (χ0v) is 9.13. The summed E-state index contributed by atoms with van der Waals surface area (Å²) < 4.78 is 22.9. The molecule has 0 bridgehead atoms. The van der Waals surface area contributed by atoms with Crippen LogP contribution in [0.5, 0.6) is 0 Å². The Labute approximate surface area is 82.3 Å². The molecular formula is C9H10O2S2. The van der Waals surface area contributed by atoms with Crippen molar-refractivity contribution in [3.05, 3.63) is 23.3 Å². The average Bonchev–Trinajstić information content (AvgIpc) is 2.31. The van der Waals surface area contributed by atoms with E-state index in [4.69, 9.17) is 0 Å². The molecule has 0 radical (unpaired) electrons. The Kier molecular flexibility index (Phi) is 2.12. The van der Waals surface area contributed by atoms with Crippen molar-refractivity contribution in [1.82, 2.24) is 0 Å². The molecule has 0 aliphatic carbocycles. The molecule has 1 aromatic rings. The van der Waals surface area contributed by atoms with Gasteiger partial charge in [-0.25, -0.2) is 0 Å². The minimum atomic E-state index is -1.05. The van der Waals surface area contributed by atoms with Crippen molar-refractivity contribution < 1.29 is 8.42 Å². The Balaban J connectivity index is 2.72. The van der Waals surface area contributed by atoms with Gasteiger partial charge < -0.3 is 0 Å². The van der Waals surface area contributed by atoms with Crippen molar-refractivity contribution in [2.24, 2.45) is 0 Å². The smallest absolute Gasteiger partial charge is 0.109 e. The molecule has 2 nitrogen and oxygen atoms in total. The monoisotopic (exact) mass is 214 g/mol. The van der Waals surface area contributed by atoms with Crippen LogP contribution in [-0.4, -0.2) is 13.5 Å². The number of rotatable bonds is 0. The summed E-state index contributed by atoms with van der Waals surface area (Å²) in [7, 11) is -2.09. The predicted octanol–water partition coefficient (Wildman–Crippen LogP) is 1.49. The lowest BCUT2D eigenvalue weighted by atomic mass is 10.1. The summed E-state index contributed by atoms with van der Waals surface area (Å²) >= 11 is 0. The van der Waals surface area contributed by atoms with Crippen LogP contribution in [0.2, 0.25) is 0 Å². The molecule has 1 aliphatic heterocycles. The van der Waals surface area contributed by atoms with E-state index in [9.17, 15) is 8.42 Å². The normalized spacial score (nSPS) is 26.0. The van der Waals surface area contributed by atoms with E-state index < -0.39 is 21.6 Å². The van der Waals surface area contributed by atoms with Crippen molar-refractivity contribution in [3.8, 4) is 0 Å². The van der Waals surface area contributed by atoms with Gasteiger partial charge >= 0.3 is 0 Å². The van der Waals surface area contributed by atoms with Crippen LogP contribution in [0.3, 0.4) is 0 Å². The van der Waals surface area contributed by atoms with Crippen LogP contribution in [0.1, 0.15) is 11.1 Å².